The molecule has 1 fully saturated rings. The summed E-state index contributed by atoms with van der Waals surface area (Å²) in [5, 5.41) is 10.7. The first-order chi connectivity index (χ1) is 7.82. The highest BCUT2D eigenvalue weighted by Crippen LogP contribution is 2.45. The van der Waals surface area contributed by atoms with Crippen molar-refractivity contribution in [2.75, 3.05) is 0 Å². The van der Waals surface area contributed by atoms with E-state index in [1.165, 1.54) is 0 Å². The average molecular weight is 298 g/mol. The lowest BCUT2D eigenvalue weighted by Crippen LogP contribution is -2.34. The van der Waals surface area contributed by atoms with Crippen LogP contribution in [0.5, 0.6) is 0 Å². The number of hydrogen-bond acceptors (Lipinski definition) is 2. The molecule has 94 valence electrons. The maximum Gasteiger partial charge on any atom is 0.108 e. The van der Waals surface area contributed by atoms with Gasteiger partial charge in [0.05, 0.1) is 5.60 Å². The first kappa shape index (κ1) is 13.0. The summed E-state index contributed by atoms with van der Waals surface area (Å²) in [5.41, 5.74) is 1.74. The Balaban J connectivity index is 2.24. The summed E-state index contributed by atoms with van der Waals surface area (Å²) >= 11 is 3.40. The second-order valence-corrected chi connectivity index (χ2v) is 6.78. The lowest BCUT2D eigenvalue weighted by atomic mass is 9.69. The highest BCUT2D eigenvalue weighted by atomic mass is 79.9. The van der Waals surface area contributed by atoms with Crippen LogP contribution >= 0.6 is 15.9 Å². The first-order valence-electron chi connectivity index (χ1n) is 6.17. The van der Waals surface area contributed by atoms with Gasteiger partial charge in [0.1, 0.15) is 4.60 Å². The van der Waals surface area contributed by atoms with Crippen LogP contribution in [-0.2, 0) is 5.60 Å². The Morgan fingerprint density at radius 3 is 2.35 bits per heavy atom. The van der Waals surface area contributed by atoms with E-state index in [0.29, 0.717) is 5.41 Å². The molecule has 1 aromatic heterocycles. The van der Waals surface area contributed by atoms with Crippen molar-refractivity contribution in [2.24, 2.45) is 5.41 Å². The number of aromatic nitrogens is 1. The van der Waals surface area contributed by atoms with Gasteiger partial charge in [-0.1, -0.05) is 13.8 Å². The van der Waals surface area contributed by atoms with Crippen molar-refractivity contribution >= 4 is 15.9 Å². The summed E-state index contributed by atoms with van der Waals surface area (Å²) < 4.78 is 0.862. The van der Waals surface area contributed by atoms with Crippen molar-refractivity contribution < 1.29 is 5.11 Å². The van der Waals surface area contributed by atoms with Gasteiger partial charge in [-0.2, -0.15) is 0 Å². The molecule has 0 aromatic carbocycles. The minimum absolute atomic E-state index is 0.365. The Kier molecular flexibility index (Phi) is 3.34. The Labute approximate surface area is 112 Å². The monoisotopic (exact) mass is 297 g/mol. The van der Waals surface area contributed by atoms with Gasteiger partial charge in [0.15, 0.2) is 0 Å². The van der Waals surface area contributed by atoms with E-state index in [2.05, 4.69) is 40.8 Å². The Bertz CT molecular complexity index is 418. The van der Waals surface area contributed by atoms with Gasteiger partial charge in [0.2, 0.25) is 0 Å². The fourth-order valence-corrected chi connectivity index (χ4v) is 2.66. The molecule has 0 amide bonds. The molecule has 0 unspecified atom stereocenters. The van der Waals surface area contributed by atoms with E-state index in [1.54, 1.807) is 6.20 Å². The van der Waals surface area contributed by atoms with E-state index in [0.717, 1.165) is 41.4 Å². The normalized spacial score (nSPS) is 22.4. The molecular weight excluding hydrogens is 278 g/mol. The van der Waals surface area contributed by atoms with Gasteiger partial charge in [0, 0.05) is 11.8 Å². The molecule has 3 heteroatoms. The molecule has 0 saturated heterocycles. The molecule has 2 rings (SSSR count). The van der Waals surface area contributed by atoms with Gasteiger partial charge in [0.25, 0.3) is 0 Å². The summed E-state index contributed by atoms with van der Waals surface area (Å²) in [6.07, 6.45) is 5.61. The van der Waals surface area contributed by atoms with Crippen molar-refractivity contribution in [3.05, 3.63) is 28.0 Å². The lowest BCUT2D eigenvalue weighted by Gasteiger charge is -2.40. The molecule has 0 atom stereocenters. The molecule has 0 radical (unpaired) electrons. The molecule has 0 bridgehead atoms. The third-order valence-electron chi connectivity index (χ3n) is 3.98. The Morgan fingerprint density at radius 1 is 1.24 bits per heavy atom. The predicted octanol–water partition coefficient (Wildman–Crippen LogP) is 3.94. The van der Waals surface area contributed by atoms with Crippen LogP contribution in [0.15, 0.2) is 16.9 Å². The van der Waals surface area contributed by atoms with Crippen molar-refractivity contribution in [1.82, 2.24) is 4.98 Å². The number of pyridine rings is 1. The van der Waals surface area contributed by atoms with Crippen LogP contribution in [0, 0.1) is 12.3 Å². The van der Waals surface area contributed by atoms with Crippen molar-refractivity contribution in [3.63, 3.8) is 0 Å². The molecule has 0 aliphatic heterocycles. The minimum Gasteiger partial charge on any atom is -0.385 e. The van der Waals surface area contributed by atoms with Crippen molar-refractivity contribution in [3.8, 4) is 0 Å². The molecule has 1 saturated carbocycles. The second-order valence-electron chi connectivity index (χ2n) is 6.03. The summed E-state index contributed by atoms with van der Waals surface area (Å²) in [6, 6.07) is 2.05. The van der Waals surface area contributed by atoms with Gasteiger partial charge in [-0.05, 0) is 65.6 Å². The maximum absolute atomic E-state index is 10.7. The zero-order valence-corrected chi connectivity index (χ0v) is 12.3. The number of nitrogens with zero attached hydrogens (tertiary/aromatic N) is 1. The Hall–Kier alpha value is -0.410. The van der Waals surface area contributed by atoms with E-state index in [4.69, 9.17) is 0 Å². The van der Waals surface area contributed by atoms with Crippen LogP contribution in [0.4, 0.5) is 0 Å². The number of halogens is 1. The number of hydrogen-bond donors (Lipinski definition) is 1. The van der Waals surface area contributed by atoms with Gasteiger partial charge in [-0.15, -0.1) is 0 Å². The lowest BCUT2D eigenvalue weighted by molar-refractivity contribution is -0.0308. The number of aliphatic hydroxyl groups is 1. The zero-order valence-electron chi connectivity index (χ0n) is 10.8. The fourth-order valence-electron chi connectivity index (χ4n) is 2.44. The van der Waals surface area contributed by atoms with E-state index in [1.807, 2.05) is 6.92 Å². The summed E-state index contributed by atoms with van der Waals surface area (Å²) in [4.78, 5) is 4.29. The van der Waals surface area contributed by atoms with Gasteiger partial charge in [-0.3, -0.25) is 0 Å². The van der Waals surface area contributed by atoms with Crippen molar-refractivity contribution in [2.45, 2.75) is 52.1 Å². The third-order valence-corrected chi connectivity index (χ3v) is 4.81. The van der Waals surface area contributed by atoms with E-state index in [-0.39, 0.29) is 0 Å². The van der Waals surface area contributed by atoms with Crippen LogP contribution in [0.2, 0.25) is 0 Å². The van der Waals surface area contributed by atoms with Crippen LogP contribution in [0.1, 0.15) is 50.7 Å². The van der Waals surface area contributed by atoms with E-state index >= 15 is 0 Å². The SMILES string of the molecule is Cc1cc(C2(O)CCC(C)(C)CC2)cnc1Br. The highest BCUT2D eigenvalue weighted by Gasteiger charge is 2.38. The van der Waals surface area contributed by atoms with Crippen LogP contribution < -0.4 is 0 Å². The molecule has 1 aromatic rings. The fraction of sp³-hybridized carbons (Fsp3) is 0.643. The number of aryl methyl sites for hydroxylation is 1. The molecular formula is C14H20BrNO. The van der Waals surface area contributed by atoms with Gasteiger partial charge in [-0.25, -0.2) is 4.98 Å². The molecule has 2 nitrogen and oxygen atoms in total. The van der Waals surface area contributed by atoms with Gasteiger partial charge >= 0.3 is 0 Å². The molecule has 1 heterocycles. The van der Waals surface area contributed by atoms with Crippen LogP contribution in [0.25, 0.3) is 0 Å². The average Bonchev–Trinajstić information content (AvgIpc) is 2.27. The molecule has 1 N–H and O–H groups in total. The third kappa shape index (κ3) is 2.71. The highest BCUT2D eigenvalue weighted by molar-refractivity contribution is 9.10. The summed E-state index contributed by atoms with van der Waals surface area (Å²) in [6.45, 7) is 6.56. The molecule has 17 heavy (non-hydrogen) atoms. The van der Waals surface area contributed by atoms with Crippen molar-refractivity contribution in [1.29, 1.82) is 0 Å². The first-order valence-corrected chi connectivity index (χ1v) is 6.97. The van der Waals surface area contributed by atoms with Crippen LogP contribution in [-0.4, -0.2) is 10.1 Å². The minimum atomic E-state index is -0.673. The topological polar surface area (TPSA) is 33.1 Å². The maximum atomic E-state index is 10.7. The summed E-state index contributed by atoms with van der Waals surface area (Å²) in [5.74, 6) is 0. The molecule has 0 spiro atoms. The smallest absolute Gasteiger partial charge is 0.108 e. The zero-order chi connectivity index (χ0) is 12.7. The second kappa shape index (κ2) is 4.36. The number of rotatable bonds is 1. The Morgan fingerprint density at radius 2 is 1.82 bits per heavy atom. The van der Waals surface area contributed by atoms with E-state index in [9.17, 15) is 5.11 Å². The van der Waals surface area contributed by atoms with Crippen LogP contribution in [0.3, 0.4) is 0 Å². The largest absolute Gasteiger partial charge is 0.385 e. The summed E-state index contributed by atoms with van der Waals surface area (Å²) in [7, 11) is 0. The predicted molar refractivity (Wildman–Crippen MR) is 72.8 cm³/mol. The molecule has 1 aliphatic rings. The van der Waals surface area contributed by atoms with Gasteiger partial charge < -0.3 is 5.11 Å². The standard InChI is InChI=1S/C14H20BrNO/c1-10-8-11(9-16-12(10)15)14(17)6-4-13(2,3)5-7-14/h8-9,17H,4-7H2,1-3H3. The molecule has 1 aliphatic carbocycles. The quantitative estimate of drug-likeness (QED) is 0.797. The van der Waals surface area contributed by atoms with E-state index < -0.39 is 5.60 Å².